The van der Waals surface area contributed by atoms with Gasteiger partial charge in [-0.15, -0.1) is 0 Å². The summed E-state index contributed by atoms with van der Waals surface area (Å²) >= 11 is 0. The van der Waals surface area contributed by atoms with Gasteiger partial charge < -0.3 is 19.9 Å². The van der Waals surface area contributed by atoms with E-state index in [0.717, 1.165) is 16.9 Å². The Morgan fingerprint density at radius 2 is 1.81 bits per heavy atom. The van der Waals surface area contributed by atoms with Crippen LogP contribution in [0.25, 0.3) is 11.4 Å². The second-order valence-electron chi connectivity index (χ2n) is 5.59. The lowest BCUT2D eigenvalue weighted by molar-refractivity contribution is 0.310. The highest BCUT2D eigenvalue weighted by Crippen LogP contribution is 2.31. The fourth-order valence-corrected chi connectivity index (χ4v) is 2.59. The summed E-state index contributed by atoms with van der Waals surface area (Å²) in [6, 6.07) is 12.7. The first-order valence-corrected chi connectivity index (χ1v) is 8.29. The number of nitrogens with one attached hydrogen (secondary N) is 1. The van der Waals surface area contributed by atoms with Crippen molar-refractivity contribution in [1.82, 2.24) is 15.2 Å². The number of nitrogens with two attached hydrogens (primary N) is 1. The zero-order chi connectivity index (χ0) is 18.5. The SMILES string of the molecule is CCOc1ccc([C@H](N)c2nc(-c3ccc(OC)cc3)n[nH]2)cc1OC. The third-order valence-corrected chi connectivity index (χ3v) is 3.99. The van der Waals surface area contributed by atoms with Gasteiger partial charge in [-0.05, 0) is 48.9 Å². The summed E-state index contributed by atoms with van der Waals surface area (Å²) < 4.78 is 16.1. The lowest BCUT2D eigenvalue weighted by atomic mass is 10.1. The maximum absolute atomic E-state index is 6.35. The Labute approximate surface area is 152 Å². The van der Waals surface area contributed by atoms with Gasteiger partial charge in [0.1, 0.15) is 11.6 Å². The average Bonchev–Trinajstić information content (AvgIpc) is 3.18. The van der Waals surface area contributed by atoms with E-state index in [9.17, 15) is 0 Å². The predicted octanol–water partition coefficient (Wildman–Crippen LogP) is 2.94. The minimum absolute atomic E-state index is 0.459. The molecule has 3 aromatic rings. The maximum Gasteiger partial charge on any atom is 0.181 e. The van der Waals surface area contributed by atoms with Crippen LogP contribution in [-0.4, -0.2) is 36.0 Å². The first-order chi connectivity index (χ1) is 12.7. The van der Waals surface area contributed by atoms with Gasteiger partial charge in [-0.3, -0.25) is 5.10 Å². The van der Waals surface area contributed by atoms with Crippen LogP contribution in [0.2, 0.25) is 0 Å². The van der Waals surface area contributed by atoms with Gasteiger partial charge >= 0.3 is 0 Å². The molecule has 3 N–H and O–H groups in total. The largest absolute Gasteiger partial charge is 0.497 e. The van der Waals surface area contributed by atoms with Crippen LogP contribution in [0.4, 0.5) is 0 Å². The molecule has 0 aliphatic carbocycles. The summed E-state index contributed by atoms with van der Waals surface area (Å²) in [5, 5.41) is 7.18. The summed E-state index contributed by atoms with van der Waals surface area (Å²) in [7, 11) is 3.23. The number of benzene rings is 2. The summed E-state index contributed by atoms with van der Waals surface area (Å²) in [4.78, 5) is 4.52. The lowest BCUT2D eigenvalue weighted by Gasteiger charge is -2.13. The van der Waals surface area contributed by atoms with Crippen molar-refractivity contribution in [3.8, 4) is 28.6 Å². The van der Waals surface area contributed by atoms with E-state index in [1.807, 2.05) is 49.4 Å². The number of H-pyrrole nitrogens is 1. The van der Waals surface area contributed by atoms with Crippen molar-refractivity contribution in [2.45, 2.75) is 13.0 Å². The molecule has 0 bridgehead atoms. The molecule has 0 saturated heterocycles. The first kappa shape index (κ1) is 17.8. The molecule has 26 heavy (non-hydrogen) atoms. The number of rotatable bonds is 7. The predicted molar refractivity (Wildman–Crippen MR) is 98.6 cm³/mol. The molecule has 3 rings (SSSR count). The molecule has 1 heterocycles. The molecule has 1 atom stereocenters. The minimum atomic E-state index is -0.459. The van der Waals surface area contributed by atoms with E-state index >= 15 is 0 Å². The van der Waals surface area contributed by atoms with Gasteiger partial charge in [0.05, 0.1) is 26.9 Å². The number of aromatic nitrogens is 3. The number of hydrogen-bond donors (Lipinski definition) is 2. The van der Waals surface area contributed by atoms with Crippen LogP contribution in [0.3, 0.4) is 0 Å². The third kappa shape index (κ3) is 3.62. The molecule has 0 fully saturated rings. The molecule has 7 nitrogen and oxygen atoms in total. The second-order valence-corrected chi connectivity index (χ2v) is 5.59. The number of nitrogens with zero attached hydrogens (tertiary/aromatic N) is 2. The third-order valence-electron chi connectivity index (χ3n) is 3.99. The van der Waals surface area contributed by atoms with Gasteiger partial charge in [-0.1, -0.05) is 6.07 Å². The number of hydrogen-bond acceptors (Lipinski definition) is 6. The molecule has 0 spiro atoms. The molecule has 2 aromatic carbocycles. The highest BCUT2D eigenvalue weighted by Gasteiger charge is 2.17. The van der Waals surface area contributed by atoms with E-state index in [-0.39, 0.29) is 0 Å². The summed E-state index contributed by atoms with van der Waals surface area (Å²) in [5.74, 6) is 3.25. The molecule has 0 aliphatic heterocycles. The van der Waals surface area contributed by atoms with Gasteiger partial charge in [0.2, 0.25) is 0 Å². The summed E-state index contributed by atoms with van der Waals surface area (Å²) in [6.07, 6.45) is 0. The van der Waals surface area contributed by atoms with Gasteiger partial charge in [-0.25, -0.2) is 4.98 Å². The summed E-state index contributed by atoms with van der Waals surface area (Å²) in [6.45, 7) is 2.49. The smallest absolute Gasteiger partial charge is 0.181 e. The molecular formula is C19H22N4O3. The molecule has 0 saturated carbocycles. The van der Waals surface area contributed by atoms with Crippen LogP contribution in [-0.2, 0) is 0 Å². The van der Waals surface area contributed by atoms with Crippen LogP contribution in [0.1, 0.15) is 24.4 Å². The fraction of sp³-hybridized carbons (Fsp3) is 0.263. The Balaban J connectivity index is 1.84. The number of aromatic amines is 1. The first-order valence-electron chi connectivity index (χ1n) is 8.29. The molecular weight excluding hydrogens is 332 g/mol. The van der Waals surface area contributed by atoms with E-state index in [4.69, 9.17) is 19.9 Å². The topological polar surface area (TPSA) is 95.3 Å². The molecule has 0 radical (unpaired) electrons. The Morgan fingerprint density at radius 1 is 1.04 bits per heavy atom. The number of ether oxygens (including phenoxy) is 3. The minimum Gasteiger partial charge on any atom is -0.497 e. The van der Waals surface area contributed by atoms with Crippen LogP contribution >= 0.6 is 0 Å². The molecule has 0 unspecified atom stereocenters. The Bertz CT molecular complexity index is 861. The standard InChI is InChI=1S/C19H22N4O3/c1-4-26-15-10-7-13(11-16(15)25-3)17(20)19-21-18(22-23-19)12-5-8-14(24-2)9-6-12/h5-11,17H,4,20H2,1-3H3,(H,21,22,23)/t17-/m0/s1. The van der Waals surface area contributed by atoms with Crippen molar-refractivity contribution >= 4 is 0 Å². The van der Waals surface area contributed by atoms with E-state index in [0.29, 0.717) is 29.8 Å². The summed E-state index contributed by atoms with van der Waals surface area (Å²) in [5.41, 5.74) is 8.08. The van der Waals surface area contributed by atoms with Gasteiger partial charge in [0, 0.05) is 5.56 Å². The highest BCUT2D eigenvalue weighted by molar-refractivity contribution is 5.56. The quantitative estimate of drug-likeness (QED) is 0.677. The van der Waals surface area contributed by atoms with Crippen LogP contribution in [0.5, 0.6) is 17.2 Å². The van der Waals surface area contributed by atoms with E-state index in [1.165, 1.54) is 0 Å². The molecule has 136 valence electrons. The molecule has 0 aliphatic rings. The van der Waals surface area contributed by atoms with E-state index in [2.05, 4.69) is 15.2 Å². The van der Waals surface area contributed by atoms with Gasteiger partial charge in [-0.2, -0.15) is 5.10 Å². The van der Waals surface area contributed by atoms with E-state index < -0.39 is 6.04 Å². The average molecular weight is 354 g/mol. The van der Waals surface area contributed by atoms with E-state index in [1.54, 1.807) is 14.2 Å². The Hall–Kier alpha value is -3.06. The Morgan fingerprint density at radius 3 is 2.46 bits per heavy atom. The maximum atomic E-state index is 6.35. The van der Waals surface area contributed by atoms with Gasteiger partial charge in [0.25, 0.3) is 0 Å². The fourth-order valence-electron chi connectivity index (χ4n) is 2.59. The van der Waals surface area contributed by atoms with Crippen molar-refractivity contribution in [2.75, 3.05) is 20.8 Å². The normalized spacial score (nSPS) is 11.8. The Kier molecular flexibility index (Phi) is 5.38. The molecule has 0 amide bonds. The van der Waals surface area contributed by atoms with Crippen LogP contribution in [0, 0.1) is 0 Å². The molecule has 7 heteroatoms. The zero-order valence-electron chi connectivity index (χ0n) is 15.0. The van der Waals surface area contributed by atoms with Gasteiger partial charge in [0.15, 0.2) is 17.3 Å². The lowest BCUT2D eigenvalue weighted by Crippen LogP contribution is -2.14. The monoisotopic (exact) mass is 354 g/mol. The second kappa shape index (κ2) is 7.88. The van der Waals surface area contributed by atoms with Crippen molar-refractivity contribution in [3.05, 3.63) is 53.9 Å². The van der Waals surface area contributed by atoms with Crippen molar-refractivity contribution in [3.63, 3.8) is 0 Å². The number of methoxy groups -OCH3 is 2. The zero-order valence-corrected chi connectivity index (χ0v) is 15.0. The van der Waals surface area contributed by atoms with Crippen LogP contribution < -0.4 is 19.9 Å². The molecule has 1 aromatic heterocycles. The van der Waals surface area contributed by atoms with Crippen molar-refractivity contribution in [2.24, 2.45) is 5.73 Å². The highest BCUT2D eigenvalue weighted by atomic mass is 16.5. The van der Waals surface area contributed by atoms with Crippen molar-refractivity contribution in [1.29, 1.82) is 0 Å². The van der Waals surface area contributed by atoms with Crippen molar-refractivity contribution < 1.29 is 14.2 Å². The van der Waals surface area contributed by atoms with Crippen LogP contribution in [0.15, 0.2) is 42.5 Å².